The normalized spacial score (nSPS) is 16.9. The lowest BCUT2D eigenvalue weighted by Crippen LogP contribution is -2.36. The highest BCUT2D eigenvalue weighted by Crippen LogP contribution is 2.23. The fourth-order valence-electron chi connectivity index (χ4n) is 2.71. The molecule has 0 aliphatic carbocycles. The van der Waals surface area contributed by atoms with Gasteiger partial charge in [0, 0.05) is 30.8 Å². The zero-order valence-corrected chi connectivity index (χ0v) is 13.1. The molecule has 2 N–H and O–H groups in total. The van der Waals surface area contributed by atoms with Gasteiger partial charge in [0.1, 0.15) is 11.6 Å². The summed E-state index contributed by atoms with van der Waals surface area (Å²) in [5, 5.41) is 0. The largest absolute Gasteiger partial charge is 0.356 e. The van der Waals surface area contributed by atoms with Crippen molar-refractivity contribution in [3.05, 3.63) is 17.6 Å². The van der Waals surface area contributed by atoms with Gasteiger partial charge in [-0.3, -0.25) is 0 Å². The van der Waals surface area contributed by atoms with Gasteiger partial charge in [-0.15, -0.1) is 0 Å². The first-order valence-electron chi connectivity index (χ1n) is 7.96. The molecular weight excluding hydrogens is 248 g/mol. The third kappa shape index (κ3) is 3.69. The number of nitrogens with two attached hydrogens (primary N) is 1. The lowest BCUT2D eigenvalue weighted by atomic mass is 9.97. The van der Waals surface area contributed by atoms with Crippen LogP contribution in [-0.4, -0.2) is 29.6 Å². The van der Waals surface area contributed by atoms with Crippen molar-refractivity contribution >= 4 is 5.82 Å². The summed E-state index contributed by atoms with van der Waals surface area (Å²) in [5.74, 6) is 3.16. The molecule has 1 aliphatic heterocycles. The molecule has 0 radical (unpaired) electrons. The van der Waals surface area contributed by atoms with Gasteiger partial charge in [0.25, 0.3) is 0 Å². The number of hydrogen-bond acceptors (Lipinski definition) is 4. The molecule has 0 aromatic carbocycles. The second-order valence-electron chi connectivity index (χ2n) is 6.15. The first kappa shape index (κ1) is 15.2. The van der Waals surface area contributed by atoms with E-state index in [1.807, 2.05) is 0 Å². The van der Waals surface area contributed by atoms with E-state index in [0.717, 1.165) is 44.1 Å². The standard InChI is InChI=1S/C16H28N4/c1-4-5-14-10-15(19-16(18-14)12(2)3)20-8-6-13(11-17)7-9-20/h10,12-13H,4-9,11,17H2,1-3H3. The van der Waals surface area contributed by atoms with Gasteiger partial charge < -0.3 is 10.6 Å². The molecular formula is C16H28N4. The second-order valence-corrected chi connectivity index (χ2v) is 6.15. The fraction of sp³-hybridized carbons (Fsp3) is 0.750. The Bertz CT molecular complexity index is 422. The highest BCUT2D eigenvalue weighted by Gasteiger charge is 2.20. The number of aromatic nitrogens is 2. The second kappa shape index (κ2) is 7.02. The summed E-state index contributed by atoms with van der Waals surface area (Å²) in [6.07, 6.45) is 4.53. The average Bonchev–Trinajstić information content (AvgIpc) is 2.47. The van der Waals surface area contributed by atoms with Crippen molar-refractivity contribution in [2.45, 2.75) is 52.4 Å². The highest BCUT2D eigenvalue weighted by molar-refractivity contribution is 5.40. The van der Waals surface area contributed by atoms with Crippen molar-refractivity contribution in [1.29, 1.82) is 0 Å². The Morgan fingerprint density at radius 1 is 1.30 bits per heavy atom. The van der Waals surface area contributed by atoms with Crippen molar-refractivity contribution < 1.29 is 0 Å². The molecule has 1 aromatic rings. The molecule has 20 heavy (non-hydrogen) atoms. The van der Waals surface area contributed by atoms with Crippen molar-refractivity contribution in [3.63, 3.8) is 0 Å². The summed E-state index contributed by atoms with van der Waals surface area (Å²) < 4.78 is 0. The predicted molar refractivity (Wildman–Crippen MR) is 84.1 cm³/mol. The van der Waals surface area contributed by atoms with Crippen LogP contribution in [-0.2, 0) is 6.42 Å². The van der Waals surface area contributed by atoms with Crippen LogP contribution in [0.1, 0.15) is 57.5 Å². The first-order valence-corrected chi connectivity index (χ1v) is 7.96. The van der Waals surface area contributed by atoms with Crippen LogP contribution in [0.5, 0.6) is 0 Å². The summed E-state index contributed by atoms with van der Waals surface area (Å²) in [6, 6.07) is 2.18. The van der Waals surface area contributed by atoms with Gasteiger partial charge >= 0.3 is 0 Å². The maximum absolute atomic E-state index is 5.77. The third-order valence-corrected chi connectivity index (χ3v) is 4.08. The van der Waals surface area contributed by atoms with Crippen LogP contribution < -0.4 is 10.6 Å². The molecule has 1 aromatic heterocycles. The summed E-state index contributed by atoms with van der Waals surface area (Å²) >= 11 is 0. The molecule has 0 amide bonds. The average molecular weight is 276 g/mol. The lowest BCUT2D eigenvalue weighted by molar-refractivity contribution is 0.412. The van der Waals surface area contributed by atoms with Crippen LogP contribution in [0.15, 0.2) is 6.07 Å². The van der Waals surface area contributed by atoms with E-state index in [9.17, 15) is 0 Å². The summed E-state index contributed by atoms with van der Waals surface area (Å²) in [5.41, 5.74) is 6.95. The topological polar surface area (TPSA) is 55.0 Å². The quantitative estimate of drug-likeness (QED) is 0.898. The Kier molecular flexibility index (Phi) is 5.35. The molecule has 0 saturated carbocycles. The number of piperidine rings is 1. The Labute approximate surface area is 122 Å². The fourth-order valence-corrected chi connectivity index (χ4v) is 2.71. The Morgan fingerprint density at radius 3 is 2.55 bits per heavy atom. The Balaban J connectivity index is 2.17. The van der Waals surface area contributed by atoms with E-state index >= 15 is 0 Å². The van der Waals surface area contributed by atoms with Gasteiger partial charge in [0.2, 0.25) is 0 Å². The van der Waals surface area contributed by atoms with Crippen LogP contribution in [0, 0.1) is 5.92 Å². The van der Waals surface area contributed by atoms with E-state index in [0.29, 0.717) is 11.8 Å². The Hall–Kier alpha value is -1.16. The molecule has 2 heterocycles. The molecule has 0 unspecified atom stereocenters. The highest BCUT2D eigenvalue weighted by atomic mass is 15.2. The van der Waals surface area contributed by atoms with Gasteiger partial charge in [-0.25, -0.2) is 9.97 Å². The van der Waals surface area contributed by atoms with Crippen LogP contribution in [0.4, 0.5) is 5.82 Å². The van der Waals surface area contributed by atoms with E-state index in [1.165, 1.54) is 18.5 Å². The van der Waals surface area contributed by atoms with Gasteiger partial charge in [-0.1, -0.05) is 27.2 Å². The van der Waals surface area contributed by atoms with Crippen molar-refractivity contribution in [2.24, 2.45) is 11.7 Å². The van der Waals surface area contributed by atoms with Crippen molar-refractivity contribution in [1.82, 2.24) is 9.97 Å². The maximum atomic E-state index is 5.77. The van der Waals surface area contributed by atoms with Crippen LogP contribution in [0.25, 0.3) is 0 Å². The van der Waals surface area contributed by atoms with Crippen LogP contribution in [0.2, 0.25) is 0 Å². The maximum Gasteiger partial charge on any atom is 0.133 e. The minimum absolute atomic E-state index is 0.382. The smallest absolute Gasteiger partial charge is 0.133 e. The number of rotatable bonds is 5. The van der Waals surface area contributed by atoms with Gasteiger partial charge in [-0.05, 0) is 31.7 Å². The van der Waals surface area contributed by atoms with Crippen LogP contribution in [0.3, 0.4) is 0 Å². The molecule has 1 aliphatic rings. The number of anilines is 1. The van der Waals surface area contributed by atoms with E-state index in [-0.39, 0.29) is 0 Å². The van der Waals surface area contributed by atoms with E-state index < -0.39 is 0 Å². The molecule has 2 rings (SSSR count). The molecule has 1 saturated heterocycles. The zero-order chi connectivity index (χ0) is 14.5. The Morgan fingerprint density at radius 2 is 2.00 bits per heavy atom. The van der Waals surface area contributed by atoms with Gasteiger partial charge in [-0.2, -0.15) is 0 Å². The molecule has 0 atom stereocenters. The van der Waals surface area contributed by atoms with Crippen molar-refractivity contribution in [3.8, 4) is 0 Å². The number of nitrogens with zero attached hydrogens (tertiary/aromatic N) is 3. The SMILES string of the molecule is CCCc1cc(N2CCC(CN)CC2)nc(C(C)C)n1. The molecule has 1 fully saturated rings. The van der Waals surface area contributed by atoms with Crippen molar-refractivity contribution in [2.75, 3.05) is 24.5 Å². The van der Waals surface area contributed by atoms with E-state index in [4.69, 9.17) is 15.7 Å². The summed E-state index contributed by atoms with van der Waals surface area (Å²) in [7, 11) is 0. The van der Waals surface area contributed by atoms with Crippen LogP contribution >= 0.6 is 0 Å². The van der Waals surface area contributed by atoms with E-state index in [1.54, 1.807) is 0 Å². The number of aryl methyl sites for hydroxylation is 1. The molecule has 4 heteroatoms. The minimum Gasteiger partial charge on any atom is -0.356 e. The monoisotopic (exact) mass is 276 g/mol. The molecule has 0 bridgehead atoms. The summed E-state index contributed by atoms with van der Waals surface area (Å²) in [4.78, 5) is 11.9. The minimum atomic E-state index is 0.382. The zero-order valence-electron chi connectivity index (χ0n) is 13.1. The lowest BCUT2D eigenvalue weighted by Gasteiger charge is -2.32. The number of hydrogen-bond donors (Lipinski definition) is 1. The predicted octanol–water partition coefficient (Wildman–Crippen LogP) is 2.73. The van der Waals surface area contributed by atoms with E-state index in [2.05, 4.69) is 31.7 Å². The third-order valence-electron chi connectivity index (χ3n) is 4.08. The molecule has 0 spiro atoms. The summed E-state index contributed by atoms with van der Waals surface area (Å²) in [6.45, 7) is 9.48. The van der Waals surface area contributed by atoms with Gasteiger partial charge in [0.05, 0.1) is 0 Å². The molecule has 112 valence electrons. The first-order chi connectivity index (χ1) is 9.63. The van der Waals surface area contributed by atoms with Gasteiger partial charge in [0.15, 0.2) is 0 Å². The molecule has 4 nitrogen and oxygen atoms in total.